The van der Waals surface area contributed by atoms with Crippen LogP contribution in [0.3, 0.4) is 0 Å². The van der Waals surface area contributed by atoms with E-state index in [2.05, 4.69) is 5.32 Å². The third-order valence-corrected chi connectivity index (χ3v) is 5.53. The number of fused-ring (bicyclic) bond motifs is 3. The fourth-order valence-electron chi connectivity index (χ4n) is 3.69. The number of hydrogen-bond donors (Lipinski definition) is 1. The fourth-order valence-corrected chi connectivity index (χ4v) is 3.69. The van der Waals surface area contributed by atoms with Gasteiger partial charge in [0.1, 0.15) is 17.6 Å². The van der Waals surface area contributed by atoms with Gasteiger partial charge in [-0.3, -0.25) is 18.7 Å². The highest BCUT2D eigenvalue weighted by Crippen LogP contribution is 2.25. The quantitative estimate of drug-likeness (QED) is 0.499. The number of amides is 1. The average molecular weight is 419 g/mol. The van der Waals surface area contributed by atoms with Gasteiger partial charge in [0, 0.05) is 18.0 Å². The molecule has 2 heterocycles. The maximum Gasteiger partial charge on any atom is 0.332 e. The first-order valence-electron chi connectivity index (χ1n) is 10.5. The molecule has 4 aromatic rings. The number of nitrogens with one attached hydrogen (secondary N) is 1. The highest BCUT2D eigenvalue weighted by Gasteiger charge is 2.21. The Bertz CT molecular complexity index is 1350. The molecule has 1 N–H and O–H groups in total. The van der Waals surface area contributed by atoms with E-state index in [-0.39, 0.29) is 30.6 Å². The van der Waals surface area contributed by atoms with Crippen molar-refractivity contribution >= 4 is 28.0 Å². The molecule has 2 aromatic carbocycles. The van der Waals surface area contributed by atoms with Crippen molar-refractivity contribution in [3.63, 3.8) is 0 Å². The van der Waals surface area contributed by atoms with Crippen LogP contribution in [0, 0.1) is 0 Å². The first kappa shape index (κ1) is 20.7. The zero-order valence-corrected chi connectivity index (χ0v) is 17.6. The Morgan fingerprint density at radius 3 is 2.48 bits per heavy atom. The van der Waals surface area contributed by atoms with E-state index in [4.69, 9.17) is 4.42 Å². The summed E-state index contributed by atoms with van der Waals surface area (Å²) >= 11 is 0. The van der Waals surface area contributed by atoms with Gasteiger partial charge >= 0.3 is 5.69 Å². The second-order valence-electron chi connectivity index (χ2n) is 7.71. The van der Waals surface area contributed by atoms with Gasteiger partial charge in [0.15, 0.2) is 0 Å². The second-order valence-corrected chi connectivity index (χ2v) is 7.71. The Kier molecular flexibility index (Phi) is 5.75. The van der Waals surface area contributed by atoms with E-state index < -0.39 is 11.2 Å². The number of carbonyl (C=O) groups is 1. The number of aromatic nitrogens is 2. The molecule has 0 saturated heterocycles. The van der Waals surface area contributed by atoms with Gasteiger partial charge < -0.3 is 9.73 Å². The van der Waals surface area contributed by atoms with E-state index in [1.54, 1.807) is 18.2 Å². The summed E-state index contributed by atoms with van der Waals surface area (Å²) in [6.07, 6.45) is 1.29. The number of furan rings is 1. The molecule has 0 bridgehead atoms. The minimum absolute atomic E-state index is 0.0104. The van der Waals surface area contributed by atoms with Crippen molar-refractivity contribution in [2.24, 2.45) is 0 Å². The van der Waals surface area contributed by atoms with Crippen LogP contribution in [0.25, 0.3) is 22.1 Å². The number of rotatable bonds is 7. The van der Waals surface area contributed by atoms with E-state index >= 15 is 0 Å². The predicted molar refractivity (Wildman–Crippen MR) is 120 cm³/mol. The van der Waals surface area contributed by atoms with E-state index in [0.29, 0.717) is 22.9 Å². The molecule has 0 radical (unpaired) electrons. The monoisotopic (exact) mass is 419 g/mol. The minimum atomic E-state index is -0.515. The minimum Gasteiger partial charge on any atom is -0.449 e. The molecule has 0 unspecified atom stereocenters. The molecule has 0 aliphatic carbocycles. The van der Waals surface area contributed by atoms with Gasteiger partial charge in [-0.2, -0.15) is 0 Å². The van der Waals surface area contributed by atoms with E-state index in [1.165, 1.54) is 4.57 Å². The van der Waals surface area contributed by atoms with Crippen LogP contribution in [0.1, 0.15) is 25.8 Å². The Morgan fingerprint density at radius 1 is 1.03 bits per heavy atom. The van der Waals surface area contributed by atoms with Crippen molar-refractivity contribution in [1.82, 2.24) is 14.5 Å². The lowest BCUT2D eigenvalue weighted by molar-refractivity contribution is -0.122. The summed E-state index contributed by atoms with van der Waals surface area (Å²) < 4.78 is 8.34. The van der Waals surface area contributed by atoms with E-state index in [0.717, 1.165) is 16.6 Å². The van der Waals surface area contributed by atoms with Gasteiger partial charge in [-0.15, -0.1) is 0 Å². The summed E-state index contributed by atoms with van der Waals surface area (Å²) in [4.78, 5) is 39.1. The lowest BCUT2D eigenvalue weighted by atomic mass is 10.1. The topological polar surface area (TPSA) is 86.2 Å². The molecular formula is C24H25N3O4. The Morgan fingerprint density at radius 2 is 1.74 bits per heavy atom. The Labute approximate surface area is 178 Å². The molecule has 0 spiro atoms. The van der Waals surface area contributed by atoms with Crippen LogP contribution < -0.4 is 16.6 Å². The lowest BCUT2D eigenvalue weighted by Gasteiger charge is -2.14. The summed E-state index contributed by atoms with van der Waals surface area (Å²) in [6.45, 7) is 3.89. The Hall–Kier alpha value is -3.61. The van der Waals surface area contributed by atoms with Gasteiger partial charge in [0.2, 0.25) is 11.5 Å². The van der Waals surface area contributed by atoms with Crippen molar-refractivity contribution in [3.05, 3.63) is 81.0 Å². The largest absolute Gasteiger partial charge is 0.449 e. The second kappa shape index (κ2) is 8.63. The van der Waals surface area contributed by atoms with Crippen molar-refractivity contribution < 1.29 is 9.21 Å². The highest BCUT2D eigenvalue weighted by molar-refractivity contribution is 6.02. The van der Waals surface area contributed by atoms with Crippen molar-refractivity contribution in [2.75, 3.05) is 0 Å². The molecule has 7 nitrogen and oxygen atoms in total. The van der Waals surface area contributed by atoms with Crippen LogP contribution >= 0.6 is 0 Å². The number of benzene rings is 2. The van der Waals surface area contributed by atoms with Gasteiger partial charge in [0.05, 0.1) is 0 Å². The predicted octanol–water partition coefficient (Wildman–Crippen LogP) is 3.07. The zero-order chi connectivity index (χ0) is 22.0. The number of carbonyl (C=O) groups excluding carboxylic acids is 1. The van der Waals surface area contributed by atoms with Crippen molar-refractivity contribution in [1.29, 1.82) is 0 Å². The van der Waals surface area contributed by atoms with Crippen LogP contribution in [-0.2, 0) is 24.3 Å². The maximum absolute atomic E-state index is 13.4. The summed E-state index contributed by atoms with van der Waals surface area (Å²) in [5, 5.41) is 3.52. The molecule has 1 amide bonds. The van der Waals surface area contributed by atoms with Gasteiger partial charge in [-0.1, -0.05) is 49.4 Å². The maximum atomic E-state index is 13.4. The van der Waals surface area contributed by atoms with Gasteiger partial charge in [0.25, 0.3) is 5.56 Å². The third kappa shape index (κ3) is 4.03. The van der Waals surface area contributed by atoms with Crippen molar-refractivity contribution in [2.45, 2.75) is 45.8 Å². The number of hydrogen-bond acceptors (Lipinski definition) is 4. The first-order chi connectivity index (χ1) is 15.0. The standard InChI is InChI=1S/C24H25N3O4/c1-3-16(2)25-20(28)15-27-21-18-11-7-8-12-19(18)31-22(21)23(29)26(24(27)30)14-13-17-9-5-4-6-10-17/h4-12,16H,3,13-15H2,1-2H3,(H,25,28)/t16-/m1/s1. The average Bonchev–Trinajstić information content (AvgIpc) is 3.17. The van der Waals surface area contributed by atoms with E-state index in [9.17, 15) is 14.4 Å². The smallest absolute Gasteiger partial charge is 0.332 e. The summed E-state index contributed by atoms with van der Waals surface area (Å²) in [7, 11) is 0. The molecule has 160 valence electrons. The first-order valence-corrected chi connectivity index (χ1v) is 10.5. The summed E-state index contributed by atoms with van der Waals surface area (Å²) in [6, 6.07) is 16.8. The van der Waals surface area contributed by atoms with Crippen molar-refractivity contribution in [3.8, 4) is 0 Å². The SMILES string of the molecule is CC[C@@H](C)NC(=O)Cn1c(=O)n(CCc2ccccc2)c(=O)c2oc3ccccc3c21. The lowest BCUT2D eigenvalue weighted by Crippen LogP contribution is -2.43. The van der Waals surface area contributed by atoms with Gasteiger partial charge in [-0.05, 0) is 37.5 Å². The van der Waals surface area contributed by atoms with Crippen LogP contribution in [0.5, 0.6) is 0 Å². The number of aryl methyl sites for hydroxylation is 1. The molecule has 2 aromatic heterocycles. The van der Waals surface area contributed by atoms with Gasteiger partial charge in [-0.25, -0.2) is 4.79 Å². The fraction of sp³-hybridized carbons (Fsp3) is 0.292. The number of nitrogens with zero attached hydrogens (tertiary/aromatic N) is 2. The molecule has 0 aliphatic rings. The van der Waals surface area contributed by atoms with Crippen LogP contribution in [0.2, 0.25) is 0 Å². The normalized spacial score (nSPS) is 12.3. The van der Waals surface area contributed by atoms with E-state index in [1.807, 2.05) is 50.2 Å². The molecule has 4 rings (SSSR count). The third-order valence-electron chi connectivity index (χ3n) is 5.53. The molecule has 0 aliphatic heterocycles. The highest BCUT2D eigenvalue weighted by atomic mass is 16.3. The van der Waals surface area contributed by atoms with Crippen LogP contribution in [0.15, 0.2) is 68.6 Å². The van der Waals surface area contributed by atoms with Crippen LogP contribution in [-0.4, -0.2) is 21.1 Å². The summed E-state index contributed by atoms with van der Waals surface area (Å²) in [5.41, 5.74) is 0.974. The zero-order valence-electron chi connectivity index (χ0n) is 17.6. The molecule has 1 atom stereocenters. The molecule has 31 heavy (non-hydrogen) atoms. The molecule has 0 fully saturated rings. The summed E-state index contributed by atoms with van der Waals surface area (Å²) in [5.74, 6) is -0.281. The molecule has 0 saturated carbocycles. The molecule has 7 heteroatoms. The Balaban J connectivity index is 1.85. The number of para-hydroxylation sites is 1. The van der Waals surface area contributed by atoms with Crippen LogP contribution in [0.4, 0.5) is 0 Å². The molecular weight excluding hydrogens is 394 g/mol.